The number of ether oxygens (including phenoxy) is 1. The molecule has 0 heterocycles. The first-order chi connectivity index (χ1) is 6.80. The molecule has 0 unspecified atom stereocenters. The van der Waals surface area contributed by atoms with Crippen molar-refractivity contribution in [1.82, 2.24) is 0 Å². The van der Waals surface area contributed by atoms with Crippen LogP contribution in [-0.4, -0.2) is 12.3 Å². The molecular weight excluding hydrogens is 231 g/mol. The van der Waals surface area contributed by atoms with Crippen LogP contribution in [0.4, 0.5) is 18.9 Å². The summed E-state index contributed by atoms with van der Waals surface area (Å²) in [5.74, 6) is -0.0318. The smallest absolute Gasteiger partial charge is 0.425 e. The van der Waals surface area contributed by atoms with Crippen molar-refractivity contribution in [3.8, 4) is 5.75 Å². The van der Waals surface area contributed by atoms with E-state index < -0.39 is 12.3 Å². The fourth-order valence-electron chi connectivity index (χ4n) is 0.870. The summed E-state index contributed by atoms with van der Waals surface area (Å²) in [6, 6.07) is 4.06. The second kappa shape index (κ2) is 4.18. The van der Waals surface area contributed by atoms with Gasteiger partial charge < -0.3 is 10.5 Å². The van der Waals surface area contributed by atoms with Crippen LogP contribution in [0.2, 0.25) is 5.02 Å². The first kappa shape index (κ1) is 12.0. The lowest BCUT2D eigenvalue weighted by molar-refractivity contribution is -0.189. The van der Waals surface area contributed by atoms with E-state index in [1.54, 1.807) is 0 Å². The Labute approximate surface area is 89.8 Å². The molecule has 2 nitrogen and oxygen atoms in total. The van der Waals surface area contributed by atoms with Crippen molar-refractivity contribution in [2.45, 2.75) is 19.2 Å². The van der Waals surface area contributed by atoms with Gasteiger partial charge in [-0.1, -0.05) is 11.6 Å². The van der Waals surface area contributed by atoms with Gasteiger partial charge in [0.05, 0.1) is 5.02 Å². The number of alkyl halides is 3. The van der Waals surface area contributed by atoms with Crippen molar-refractivity contribution in [2.75, 3.05) is 5.73 Å². The lowest BCUT2D eigenvalue weighted by atomic mass is 10.3. The minimum absolute atomic E-state index is 0.0318. The lowest BCUT2D eigenvalue weighted by Crippen LogP contribution is -2.31. The van der Waals surface area contributed by atoms with Crippen LogP contribution in [0, 0.1) is 0 Å². The minimum atomic E-state index is -4.41. The minimum Gasteiger partial charge on any atom is -0.480 e. The third kappa shape index (κ3) is 3.20. The third-order valence-corrected chi connectivity index (χ3v) is 2.02. The maximum atomic E-state index is 12.2. The Morgan fingerprint density at radius 3 is 2.47 bits per heavy atom. The van der Waals surface area contributed by atoms with Gasteiger partial charge in [0.1, 0.15) is 5.75 Å². The molecule has 0 aliphatic rings. The Kier molecular flexibility index (Phi) is 3.34. The molecule has 1 aromatic carbocycles. The molecule has 0 saturated carbocycles. The monoisotopic (exact) mass is 239 g/mol. The summed E-state index contributed by atoms with van der Waals surface area (Å²) in [5, 5.41) is 0.0612. The molecule has 84 valence electrons. The van der Waals surface area contributed by atoms with Gasteiger partial charge in [-0.15, -0.1) is 0 Å². The van der Waals surface area contributed by atoms with Crippen LogP contribution in [0.15, 0.2) is 18.2 Å². The van der Waals surface area contributed by atoms with Crippen molar-refractivity contribution < 1.29 is 17.9 Å². The summed E-state index contributed by atoms with van der Waals surface area (Å²) in [4.78, 5) is 0. The van der Waals surface area contributed by atoms with Crippen LogP contribution in [-0.2, 0) is 0 Å². The van der Waals surface area contributed by atoms with Crippen molar-refractivity contribution in [2.24, 2.45) is 0 Å². The normalized spacial score (nSPS) is 13.7. The molecule has 1 rings (SSSR count). The molecule has 1 aromatic rings. The lowest BCUT2D eigenvalue weighted by Gasteiger charge is -2.18. The fourth-order valence-corrected chi connectivity index (χ4v) is 1.10. The topological polar surface area (TPSA) is 35.2 Å². The summed E-state index contributed by atoms with van der Waals surface area (Å²) in [6.45, 7) is 0.909. The van der Waals surface area contributed by atoms with Crippen LogP contribution in [0.1, 0.15) is 6.92 Å². The number of anilines is 1. The standard InChI is InChI=1S/C9H9ClF3NO/c1-5(9(11,12)13)15-8-3-2-6(14)4-7(8)10/h2-5H,14H2,1H3/t5-/m1/s1. The van der Waals surface area contributed by atoms with Crippen molar-refractivity contribution >= 4 is 17.3 Å². The summed E-state index contributed by atoms with van der Waals surface area (Å²) in [5.41, 5.74) is 5.75. The van der Waals surface area contributed by atoms with E-state index in [0.717, 1.165) is 6.92 Å². The number of nitrogen functional groups attached to an aromatic ring is 1. The molecule has 0 aliphatic heterocycles. The zero-order valence-electron chi connectivity index (χ0n) is 7.81. The first-order valence-corrected chi connectivity index (χ1v) is 4.47. The second-order valence-corrected chi connectivity index (χ2v) is 3.40. The zero-order valence-corrected chi connectivity index (χ0v) is 8.56. The van der Waals surface area contributed by atoms with Gasteiger partial charge in [0.25, 0.3) is 0 Å². The molecule has 2 N–H and O–H groups in total. The predicted molar refractivity (Wildman–Crippen MR) is 52.0 cm³/mol. The third-order valence-electron chi connectivity index (χ3n) is 1.72. The van der Waals surface area contributed by atoms with Gasteiger partial charge in [-0.05, 0) is 25.1 Å². The van der Waals surface area contributed by atoms with Gasteiger partial charge in [0.2, 0.25) is 0 Å². The van der Waals surface area contributed by atoms with Gasteiger partial charge in [-0.3, -0.25) is 0 Å². The first-order valence-electron chi connectivity index (χ1n) is 4.09. The largest absolute Gasteiger partial charge is 0.480 e. The van der Waals surface area contributed by atoms with E-state index in [9.17, 15) is 13.2 Å². The number of hydrogen-bond acceptors (Lipinski definition) is 2. The molecule has 0 aliphatic carbocycles. The van der Waals surface area contributed by atoms with Crippen molar-refractivity contribution in [1.29, 1.82) is 0 Å². The number of halogens is 4. The number of nitrogens with two attached hydrogens (primary N) is 1. The van der Waals surface area contributed by atoms with E-state index in [1.165, 1.54) is 18.2 Å². The van der Waals surface area contributed by atoms with E-state index in [0.29, 0.717) is 5.69 Å². The maximum absolute atomic E-state index is 12.2. The highest BCUT2D eigenvalue weighted by Crippen LogP contribution is 2.30. The molecule has 1 atom stereocenters. The fraction of sp³-hybridized carbons (Fsp3) is 0.333. The Morgan fingerprint density at radius 1 is 1.40 bits per heavy atom. The van der Waals surface area contributed by atoms with E-state index in [-0.39, 0.29) is 10.8 Å². The van der Waals surface area contributed by atoms with E-state index in [2.05, 4.69) is 4.74 Å². The summed E-state index contributed by atoms with van der Waals surface area (Å²) in [6.07, 6.45) is -6.32. The van der Waals surface area contributed by atoms with Gasteiger partial charge in [-0.2, -0.15) is 13.2 Å². The van der Waals surface area contributed by atoms with Crippen LogP contribution in [0.5, 0.6) is 5.75 Å². The molecule has 0 bridgehead atoms. The van der Waals surface area contributed by atoms with Gasteiger partial charge >= 0.3 is 6.18 Å². The van der Waals surface area contributed by atoms with Crippen molar-refractivity contribution in [3.63, 3.8) is 0 Å². The van der Waals surface area contributed by atoms with Crippen LogP contribution in [0.25, 0.3) is 0 Å². The zero-order chi connectivity index (χ0) is 11.6. The molecule has 15 heavy (non-hydrogen) atoms. The molecule has 0 fully saturated rings. The number of benzene rings is 1. The molecule has 0 amide bonds. The van der Waals surface area contributed by atoms with Gasteiger partial charge in [0, 0.05) is 5.69 Å². The SMILES string of the molecule is C[C@@H](Oc1ccc(N)cc1Cl)C(F)(F)F. The van der Waals surface area contributed by atoms with Crippen LogP contribution < -0.4 is 10.5 Å². The molecule has 0 aromatic heterocycles. The Balaban J connectivity index is 2.82. The van der Waals surface area contributed by atoms with Crippen LogP contribution in [0.3, 0.4) is 0 Å². The highest BCUT2D eigenvalue weighted by molar-refractivity contribution is 6.32. The van der Waals surface area contributed by atoms with E-state index >= 15 is 0 Å². The summed E-state index contributed by atoms with van der Waals surface area (Å²) >= 11 is 5.65. The van der Waals surface area contributed by atoms with E-state index in [4.69, 9.17) is 17.3 Å². The van der Waals surface area contributed by atoms with Crippen LogP contribution >= 0.6 is 11.6 Å². The molecule has 0 spiro atoms. The van der Waals surface area contributed by atoms with Gasteiger partial charge in [0.15, 0.2) is 6.10 Å². The average Bonchev–Trinajstić information content (AvgIpc) is 2.08. The molecule has 0 radical (unpaired) electrons. The Bertz CT molecular complexity index is 354. The quantitative estimate of drug-likeness (QED) is 0.804. The number of rotatable bonds is 2. The highest BCUT2D eigenvalue weighted by atomic mass is 35.5. The number of hydrogen-bond donors (Lipinski definition) is 1. The second-order valence-electron chi connectivity index (χ2n) is 2.99. The Hall–Kier alpha value is -1.10. The summed E-state index contributed by atoms with van der Waals surface area (Å²) in [7, 11) is 0. The Morgan fingerprint density at radius 2 is 2.00 bits per heavy atom. The van der Waals surface area contributed by atoms with E-state index in [1.807, 2.05) is 0 Å². The predicted octanol–water partition coefficient (Wildman–Crippen LogP) is 3.25. The maximum Gasteiger partial charge on any atom is 0.425 e. The van der Waals surface area contributed by atoms with Gasteiger partial charge in [-0.25, -0.2) is 0 Å². The molecular formula is C9H9ClF3NO. The average molecular weight is 240 g/mol. The molecule has 6 heteroatoms. The molecule has 0 saturated heterocycles. The van der Waals surface area contributed by atoms with Crippen molar-refractivity contribution in [3.05, 3.63) is 23.2 Å². The summed E-state index contributed by atoms with van der Waals surface area (Å²) < 4.78 is 41.1. The highest BCUT2D eigenvalue weighted by Gasteiger charge is 2.38.